The van der Waals surface area contributed by atoms with E-state index in [1.165, 1.54) is 19.3 Å². The molecule has 1 heterocycles. The number of nitrogens with two attached hydrogens (primary N) is 1. The van der Waals surface area contributed by atoms with Gasteiger partial charge in [0, 0.05) is 12.6 Å². The summed E-state index contributed by atoms with van der Waals surface area (Å²) in [4.78, 5) is 0. The van der Waals surface area contributed by atoms with Crippen LogP contribution in [0.25, 0.3) is 0 Å². The Morgan fingerprint density at radius 3 is 3.00 bits per heavy atom. The molecule has 0 aliphatic carbocycles. The Labute approximate surface area is 68.3 Å². The van der Waals surface area contributed by atoms with Crippen LogP contribution in [0.4, 0.5) is 0 Å². The summed E-state index contributed by atoms with van der Waals surface area (Å²) in [6.07, 6.45) is 5.21. The summed E-state index contributed by atoms with van der Waals surface area (Å²) < 4.78 is 5.55. The summed E-state index contributed by atoms with van der Waals surface area (Å²) in [6.45, 7) is 3.01. The van der Waals surface area contributed by atoms with Crippen LogP contribution in [0.1, 0.15) is 32.6 Å². The van der Waals surface area contributed by atoms with Gasteiger partial charge in [0.05, 0.1) is 6.10 Å². The molecular formula is C8H18N2O. The number of ether oxygens (including phenoxy) is 1. The molecule has 0 bridgehead atoms. The van der Waals surface area contributed by atoms with Crippen molar-refractivity contribution in [3.63, 3.8) is 0 Å². The average molecular weight is 158 g/mol. The third-order valence-electron chi connectivity index (χ3n) is 2.17. The molecule has 0 aromatic carbocycles. The SMILES string of the molecule is CC(CC1CCCCO1)NN. The highest BCUT2D eigenvalue weighted by Gasteiger charge is 2.15. The van der Waals surface area contributed by atoms with E-state index in [9.17, 15) is 0 Å². The summed E-state index contributed by atoms with van der Waals surface area (Å²) in [7, 11) is 0. The summed E-state index contributed by atoms with van der Waals surface area (Å²) >= 11 is 0. The Morgan fingerprint density at radius 1 is 1.64 bits per heavy atom. The van der Waals surface area contributed by atoms with Crippen molar-refractivity contribution in [2.24, 2.45) is 5.84 Å². The molecule has 11 heavy (non-hydrogen) atoms. The zero-order valence-corrected chi connectivity index (χ0v) is 7.18. The highest BCUT2D eigenvalue weighted by atomic mass is 16.5. The van der Waals surface area contributed by atoms with Gasteiger partial charge in [0.25, 0.3) is 0 Å². The van der Waals surface area contributed by atoms with Crippen molar-refractivity contribution in [1.82, 2.24) is 5.43 Å². The van der Waals surface area contributed by atoms with Crippen LogP contribution in [-0.2, 0) is 4.74 Å². The van der Waals surface area contributed by atoms with Gasteiger partial charge in [-0.1, -0.05) is 0 Å². The van der Waals surface area contributed by atoms with Gasteiger partial charge in [-0.05, 0) is 32.6 Å². The Kier molecular flexibility index (Phi) is 3.83. The summed E-state index contributed by atoms with van der Waals surface area (Å²) in [5, 5.41) is 0. The monoisotopic (exact) mass is 158 g/mol. The molecule has 0 saturated carbocycles. The van der Waals surface area contributed by atoms with Gasteiger partial charge in [-0.25, -0.2) is 0 Å². The van der Waals surface area contributed by atoms with Crippen LogP contribution >= 0.6 is 0 Å². The third-order valence-corrected chi connectivity index (χ3v) is 2.17. The first-order valence-corrected chi connectivity index (χ1v) is 4.40. The summed E-state index contributed by atoms with van der Waals surface area (Å²) in [5.74, 6) is 5.28. The average Bonchev–Trinajstić information content (AvgIpc) is 2.06. The number of hydrogen-bond acceptors (Lipinski definition) is 3. The van der Waals surface area contributed by atoms with Crippen molar-refractivity contribution >= 4 is 0 Å². The third kappa shape index (κ3) is 3.18. The predicted molar refractivity (Wildman–Crippen MR) is 45.0 cm³/mol. The molecule has 1 rings (SSSR count). The molecule has 3 N–H and O–H groups in total. The van der Waals surface area contributed by atoms with Crippen molar-refractivity contribution in [1.29, 1.82) is 0 Å². The van der Waals surface area contributed by atoms with Gasteiger partial charge in [0.2, 0.25) is 0 Å². The second-order valence-electron chi connectivity index (χ2n) is 3.29. The Balaban J connectivity index is 2.13. The van der Waals surface area contributed by atoms with Crippen molar-refractivity contribution in [3.05, 3.63) is 0 Å². The molecule has 0 amide bonds. The molecule has 0 radical (unpaired) electrons. The lowest BCUT2D eigenvalue weighted by atomic mass is 10.0. The van der Waals surface area contributed by atoms with Gasteiger partial charge in [0.1, 0.15) is 0 Å². The molecule has 66 valence electrons. The van der Waals surface area contributed by atoms with E-state index in [2.05, 4.69) is 12.3 Å². The molecule has 0 aromatic rings. The van der Waals surface area contributed by atoms with Crippen LogP contribution in [0.5, 0.6) is 0 Å². The van der Waals surface area contributed by atoms with Crippen LogP contribution in [0, 0.1) is 0 Å². The minimum absolute atomic E-state index is 0.373. The van der Waals surface area contributed by atoms with Crippen LogP contribution in [0.2, 0.25) is 0 Å². The first-order valence-electron chi connectivity index (χ1n) is 4.40. The molecule has 3 heteroatoms. The van der Waals surface area contributed by atoms with E-state index in [0.29, 0.717) is 12.1 Å². The molecule has 0 aromatic heterocycles. The lowest BCUT2D eigenvalue weighted by Crippen LogP contribution is -2.36. The van der Waals surface area contributed by atoms with Gasteiger partial charge >= 0.3 is 0 Å². The first-order chi connectivity index (χ1) is 5.33. The van der Waals surface area contributed by atoms with E-state index in [1.807, 2.05) is 0 Å². The van der Waals surface area contributed by atoms with Gasteiger partial charge in [-0.15, -0.1) is 0 Å². The molecule has 1 aliphatic heterocycles. The Morgan fingerprint density at radius 2 is 2.45 bits per heavy atom. The van der Waals surface area contributed by atoms with Gasteiger partial charge in [-0.2, -0.15) is 0 Å². The standard InChI is InChI=1S/C8H18N2O/c1-7(10-9)6-8-4-2-3-5-11-8/h7-8,10H,2-6,9H2,1H3. The van der Waals surface area contributed by atoms with Crippen LogP contribution < -0.4 is 11.3 Å². The first kappa shape index (κ1) is 8.97. The maximum absolute atomic E-state index is 5.55. The predicted octanol–water partition coefficient (Wildman–Crippen LogP) is 0.797. The van der Waals surface area contributed by atoms with Crippen molar-refractivity contribution in [2.75, 3.05) is 6.61 Å². The Hall–Kier alpha value is -0.120. The lowest BCUT2D eigenvalue weighted by molar-refractivity contribution is 0.00632. The number of nitrogens with one attached hydrogen (secondary N) is 1. The van der Waals surface area contributed by atoms with Crippen molar-refractivity contribution < 1.29 is 4.74 Å². The molecule has 1 fully saturated rings. The normalized spacial score (nSPS) is 28.4. The smallest absolute Gasteiger partial charge is 0.0590 e. The minimum Gasteiger partial charge on any atom is -0.378 e. The van der Waals surface area contributed by atoms with Gasteiger partial charge in [0.15, 0.2) is 0 Å². The summed E-state index contributed by atoms with van der Waals surface area (Å²) in [6, 6.07) is 0.373. The van der Waals surface area contributed by atoms with Crippen LogP contribution in [-0.4, -0.2) is 18.8 Å². The number of hydrazine groups is 1. The highest BCUT2D eigenvalue weighted by Crippen LogP contribution is 2.16. The largest absolute Gasteiger partial charge is 0.378 e. The molecule has 2 unspecified atom stereocenters. The van der Waals surface area contributed by atoms with E-state index >= 15 is 0 Å². The summed E-state index contributed by atoms with van der Waals surface area (Å²) in [5.41, 5.74) is 2.73. The quantitative estimate of drug-likeness (QED) is 0.471. The van der Waals surface area contributed by atoms with Crippen molar-refractivity contribution in [2.45, 2.75) is 44.8 Å². The fourth-order valence-corrected chi connectivity index (χ4v) is 1.46. The number of hydrogen-bond donors (Lipinski definition) is 2. The molecule has 0 spiro atoms. The van der Waals surface area contributed by atoms with Gasteiger partial charge < -0.3 is 4.74 Å². The molecule has 1 aliphatic rings. The van der Waals surface area contributed by atoms with E-state index in [-0.39, 0.29) is 0 Å². The van der Waals surface area contributed by atoms with Gasteiger partial charge in [-0.3, -0.25) is 11.3 Å². The highest BCUT2D eigenvalue weighted by molar-refractivity contribution is 4.68. The van der Waals surface area contributed by atoms with Crippen LogP contribution in [0.15, 0.2) is 0 Å². The maximum atomic E-state index is 5.55. The topological polar surface area (TPSA) is 47.3 Å². The van der Waals surface area contributed by atoms with Crippen LogP contribution in [0.3, 0.4) is 0 Å². The Bertz CT molecular complexity index is 102. The van der Waals surface area contributed by atoms with E-state index < -0.39 is 0 Å². The van der Waals surface area contributed by atoms with E-state index in [1.54, 1.807) is 0 Å². The number of rotatable bonds is 3. The second-order valence-corrected chi connectivity index (χ2v) is 3.29. The fourth-order valence-electron chi connectivity index (χ4n) is 1.46. The molecule has 3 nitrogen and oxygen atoms in total. The molecule has 2 atom stereocenters. The lowest BCUT2D eigenvalue weighted by Gasteiger charge is -2.24. The second kappa shape index (κ2) is 4.70. The van der Waals surface area contributed by atoms with E-state index in [0.717, 1.165) is 13.0 Å². The molecular weight excluding hydrogens is 140 g/mol. The zero-order valence-electron chi connectivity index (χ0n) is 7.18. The minimum atomic E-state index is 0.373. The van der Waals surface area contributed by atoms with E-state index in [4.69, 9.17) is 10.6 Å². The zero-order chi connectivity index (χ0) is 8.10. The molecule has 1 saturated heterocycles. The maximum Gasteiger partial charge on any atom is 0.0590 e. The fraction of sp³-hybridized carbons (Fsp3) is 1.00. The van der Waals surface area contributed by atoms with Crippen molar-refractivity contribution in [3.8, 4) is 0 Å².